The first kappa shape index (κ1) is 13.6. The van der Waals surface area contributed by atoms with E-state index < -0.39 is 12.1 Å². The summed E-state index contributed by atoms with van der Waals surface area (Å²) < 4.78 is 6.70. The van der Waals surface area contributed by atoms with Gasteiger partial charge in [0.15, 0.2) is 5.82 Å². The van der Waals surface area contributed by atoms with Crippen LogP contribution in [0.3, 0.4) is 0 Å². The van der Waals surface area contributed by atoms with Crippen molar-refractivity contribution in [2.45, 2.75) is 45.3 Å². The van der Waals surface area contributed by atoms with Crippen molar-refractivity contribution in [1.29, 1.82) is 0 Å². The van der Waals surface area contributed by atoms with Crippen LogP contribution in [0.15, 0.2) is 0 Å². The number of aliphatic carboxylic acids is 1. The molecule has 0 spiro atoms. The molecule has 1 rings (SSSR count). The Morgan fingerprint density at radius 1 is 1.53 bits per heavy atom. The molecule has 1 aromatic rings. The van der Waals surface area contributed by atoms with Gasteiger partial charge in [0, 0.05) is 12.5 Å². The molecule has 96 valence electrons. The first-order valence-corrected chi connectivity index (χ1v) is 5.36. The van der Waals surface area contributed by atoms with Gasteiger partial charge in [-0.1, -0.05) is 20.8 Å². The number of aromatic nitrogens is 4. The van der Waals surface area contributed by atoms with Gasteiger partial charge in [0.05, 0.1) is 19.1 Å². The van der Waals surface area contributed by atoms with Crippen LogP contribution in [0.2, 0.25) is 0 Å². The Kier molecular flexibility index (Phi) is 4.17. The third-order valence-corrected chi connectivity index (χ3v) is 2.31. The van der Waals surface area contributed by atoms with E-state index in [9.17, 15) is 4.79 Å². The summed E-state index contributed by atoms with van der Waals surface area (Å²) in [4.78, 5) is 10.6. The molecule has 0 aliphatic carbocycles. The zero-order valence-electron chi connectivity index (χ0n) is 10.5. The molecule has 1 N–H and O–H groups in total. The minimum Gasteiger partial charge on any atom is -0.481 e. The van der Waals surface area contributed by atoms with Gasteiger partial charge in [-0.2, -0.15) is 0 Å². The smallest absolute Gasteiger partial charge is 0.306 e. The summed E-state index contributed by atoms with van der Waals surface area (Å²) >= 11 is 0. The fourth-order valence-corrected chi connectivity index (χ4v) is 1.47. The molecule has 1 unspecified atom stereocenters. The third kappa shape index (κ3) is 3.77. The molecule has 1 atom stereocenters. The molecule has 1 heterocycles. The highest BCUT2D eigenvalue weighted by molar-refractivity contribution is 5.67. The Morgan fingerprint density at radius 3 is 2.65 bits per heavy atom. The molecular formula is C10H18N4O3. The molecule has 0 bridgehead atoms. The van der Waals surface area contributed by atoms with Crippen molar-refractivity contribution in [3.63, 3.8) is 0 Å². The summed E-state index contributed by atoms with van der Waals surface area (Å²) in [6, 6.07) is 0. The number of rotatable bonds is 5. The van der Waals surface area contributed by atoms with Crippen LogP contribution in [0.5, 0.6) is 0 Å². The number of hydrogen-bond acceptors (Lipinski definition) is 5. The normalized spacial score (nSPS) is 13.6. The van der Waals surface area contributed by atoms with Crippen LogP contribution in [0.4, 0.5) is 0 Å². The van der Waals surface area contributed by atoms with Crippen LogP contribution in [-0.4, -0.2) is 44.5 Å². The average Bonchev–Trinajstić information content (AvgIpc) is 2.63. The predicted octanol–water partition coefficient (Wildman–Crippen LogP) is 0.460. The summed E-state index contributed by atoms with van der Waals surface area (Å²) in [7, 11) is 1.48. The van der Waals surface area contributed by atoms with Gasteiger partial charge < -0.3 is 9.84 Å². The van der Waals surface area contributed by atoms with Crippen molar-refractivity contribution in [3.05, 3.63) is 5.82 Å². The molecule has 0 saturated heterocycles. The number of carboxylic acids is 1. The van der Waals surface area contributed by atoms with Crippen LogP contribution >= 0.6 is 0 Å². The molecule has 7 heteroatoms. The standard InChI is InChI=1S/C10H18N4O3/c1-10(2,3)9-11-12-13-14(9)6-7(17-4)5-8(15)16/h7H,5-6H2,1-4H3,(H,15,16). The van der Waals surface area contributed by atoms with E-state index in [1.165, 1.54) is 7.11 Å². The second kappa shape index (κ2) is 5.22. The Morgan fingerprint density at radius 2 is 2.18 bits per heavy atom. The Balaban J connectivity index is 2.80. The van der Waals surface area contributed by atoms with Gasteiger partial charge in [-0.15, -0.1) is 5.10 Å². The maximum absolute atomic E-state index is 10.6. The van der Waals surface area contributed by atoms with Crippen molar-refractivity contribution in [3.8, 4) is 0 Å². The van der Waals surface area contributed by atoms with Crippen molar-refractivity contribution in [2.24, 2.45) is 0 Å². The van der Waals surface area contributed by atoms with Crippen molar-refractivity contribution < 1.29 is 14.6 Å². The van der Waals surface area contributed by atoms with Gasteiger partial charge in [0.1, 0.15) is 0 Å². The van der Waals surface area contributed by atoms with Gasteiger partial charge in [-0.25, -0.2) is 4.68 Å². The Bertz CT molecular complexity index is 383. The van der Waals surface area contributed by atoms with E-state index in [0.29, 0.717) is 12.4 Å². The number of tetrazole rings is 1. The highest BCUT2D eigenvalue weighted by Crippen LogP contribution is 2.19. The summed E-state index contributed by atoms with van der Waals surface area (Å²) in [5.74, 6) is -0.188. The molecule has 17 heavy (non-hydrogen) atoms. The number of methoxy groups -OCH3 is 1. The van der Waals surface area contributed by atoms with E-state index in [1.807, 2.05) is 20.8 Å². The van der Waals surface area contributed by atoms with Crippen LogP contribution in [0.1, 0.15) is 33.0 Å². The van der Waals surface area contributed by atoms with Gasteiger partial charge in [0.25, 0.3) is 0 Å². The Hall–Kier alpha value is -1.50. The third-order valence-electron chi connectivity index (χ3n) is 2.31. The lowest BCUT2D eigenvalue weighted by Gasteiger charge is -2.19. The van der Waals surface area contributed by atoms with E-state index in [2.05, 4.69) is 15.5 Å². The molecular weight excluding hydrogens is 224 g/mol. The number of ether oxygens (including phenoxy) is 1. The monoisotopic (exact) mass is 242 g/mol. The molecule has 0 saturated carbocycles. The number of carboxylic acid groups (broad SMARTS) is 1. The molecule has 0 aromatic carbocycles. The summed E-state index contributed by atoms with van der Waals surface area (Å²) in [5, 5.41) is 20.2. The zero-order chi connectivity index (χ0) is 13.1. The van der Waals surface area contributed by atoms with Gasteiger partial charge >= 0.3 is 5.97 Å². The lowest BCUT2D eigenvalue weighted by atomic mass is 9.96. The molecule has 0 aliphatic heterocycles. The summed E-state index contributed by atoms with van der Waals surface area (Å²) in [5.41, 5.74) is -0.189. The number of carbonyl (C=O) groups is 1. The fourth-order valence-electron chi connectivity index (χ4n) is 1.47. The SMILES string of the molecule is COC(CC(=O)O)Cn1nnnc1C(C)(C)C. The second-order valence-electron chi connectivity index (χ2n) is 4.89. The summed E-state index contributed by atoms with van der Waals surface area (Å²) in [6.07, 6.45) is -0.503. The second-order valence-corrected chi connectivity index (χ2v) is 4.89. The maximum atomic E-state index is 10.6. The lowest BCUT2D eigenvalue weighted by Crippen LogP contribution is -2.27. The van der Waals surface area contributed by atoms with Gasteiger partial charge in [-0.3, -0.25) is 4.79 Å². The maximum Gasteiger partial charge on any atom is 0.306 e. The molecule has 1 aromatic heterocycles. The van der Waals surface area contributed by atoms with Crippen molar-refractivity contribution in [2.75, 3.05) is 7.11 Å². The predicted molar refractivity (Wildman–Crippen MR) is 59.6 cm³/mol. The van der Waals surface area contributed by atoms with Gasteiger partial charge in [0.2, 0.25) is 0 Å². The number of hydrogen-bond donors (Lipinski definition) is 1. The molecule has 0 aliphatic rings. The molecule has 0 amide bonds. The quantitative estimate of drug-likeness (QED) is 0.806. The number of nitrogens with zero attached hydrogens (tertiary/aromatic N) is 4. The van der Waals surface area contributed by atoms with Crippen molar-refractivity contribution >= 4 is 5.97 Å². The van der Waals surface area contributed by atoms with E-state index in [4.69, 9.17) is 9.84 Å². The minimum absolute atomic E-state index is 0.0695. The molecule has 0 radical (unpaired) electrons. The first-order chi connectivity index (χ1) is 7.84. The van der Waals surface area contributed by atoms with E-state index in [0.717, 1.165) is 0 Å². The highest BCUT2D eigenvalue weighted by Gasteiger charge is 2.24. The van der Waals surface area contributed by atoms with Crippen LogP contribution < -0.4 is 0 Å². The largest absolute Gasteiger partial charge is 0.481 e. The van der Waals surface area contributed by atoms with Crippen LogP contribution in [0.25, 0.3) is 0 Å². The zero-order valence-corrected chi connectivity index (χ0v) is 10.5. The van der Waals surface area contributed by atoms with E-state index >= 15 is 0 Å². The van der Waals surface area contributed by atoms with Crippen LogP contribution in [-0.2, 0) is 21.5 Å². The van der Waals surface area contributed by atoms with Gasteiger partial charge in [-0.05, 0) is 10.4 Å². The summed E-state index contributed by atoms with van der Waals surface area (Å²) in [6.45, 7) is 6.32. The van der Waals surface area contributed by atoms with Crippen molar-refractivity contribution in [1.82, 2.24) is 20.2 Å². The van der Waals surface area contributed by atoms with Crippen LogP contribution in [0, 0.1) is 0 Å². The fraction of sp³-hybridized carbons (Fsp3) is 0.800. The first-order valence-electron chi connectivity index (χ1n) is 5.36. The van der Waals surface area contributed by atoms with E-state index in [-0.39, 0.29) is 11.8 Å². The van der Waals surface area contributed by atoms with E-state index in [1.54, 1.807) is 4.68 Å². The molecule has 7 nitrogen and oxygen atoms in total. The Labute approximate surface area is 99.8 Å². The highest BCUT2D eigenvalue weighted by atomic mass is 16.5. The average molecular weight is 242 g/mol. The molecule has 0 fully saturated rings. The lowest BCUT2D eigenvalue weighted by molar-refractivity contribution is -0.140. The minimum atomic E-state index is -0.901. The topological polar surface area (TPSA) is 90.1 Å².